The number of carbonyl (C=O) groups is 2. The van der Waals surface area contributed by atoms with Crippen LogP contribution in [0.1, 0.15) is 60.3 Å². The molecule has 0 rings (SSSR count). The number of esters is 1. The molecular formula is C14H24O3. The zero-order valence-electron chi connectivity index (χ0n) is 11.6. The standard InChI is InChI=1S/C14H24O3/c1-6-8-9-10-11(12(15)7-2)13(16)17-14(3,4)5/h10H,6-9H2,1-5H3. The molecule has 0 aliphatic rings. The van der Waals surface area contributed by atoms with E-state index in [1.54, 1.807) is 33.8 Å². The average molecular weight is 240 g/mol. The maximum atomic E-state index is 11.8. The predicted molar refractivity (Wildman–Crippen MR) is 68.8 cm³/mol. The van der Waals surface area contributed by atoms with Crippen LogP contribution in [0.5, 0.6) is 0 Å². The van der Waals surface area contributed by atoms with E-state index in [1.807, 2.05) is 0 Å². The maximum absolute atomic E-state index is 11.8. The van der Waals surface area contributed by atoms with Crippen LogP contribution in [0.2, 0.25) is 0 Å². The van der Waals surface area contributed by atoms with Gasteiger partial charge in [-0.2, -0.15) is 0 Å². The van der Waals surface area contributed by atoms with Gasteiger partial charge in [0.1, 0.15) is 5.60 Å². The van der Waals surface area contributed by atoms with E-state index in [-0.39, 0.29) is 11.4 Å². The van der Waals surface area contributed by atoms with Gasteiger partial charge in [0, 0.05) is 6.42 Å². The Morgan fingerprint density at radius 2 is 1.76 bits per heavy atom. The van der Waals surface area contributed by atoms with Gasteiger partial charge in [0.05, 0.1) is 5.57 Å². The Kier molecular flexibility index (Phi) is 6.78. The minimum Gasteiger partial charge on any atom is -0.456 e. The van der Waals surface area contributed by atoms with Gasteiger partial charge in [-0.3, -0.25) is 4.79 Å². The maximum Gasteiger partial charge on any atom is 0.341 e. The first-order chi connectivity index (χ1) is 7.81. The van der Waals surface area contributed by atoms with E-state index in [9.17, 15) is 9.59 Å². The summed E-state index contributed by atoms with van der Waals surface area (Å²) in [6.07, 6.45) is 4.80. The van der Waals surface area contributed by atoms with Crippen molar-refractivity contribution in [2.75, 3.05) is 0 Å². The summed E-state index contributed by atoms with van der Waals surface area (Å²) in [6.45, 7) is 9.21. The van der Waals surface area contributed by atoms with Crippen molar-refractivity contribution < 1.29 is 14.3 Å². The van der Waals surface area contributed by atoms with Crippen LogP contribution in [0.4, 0.5) is 0 Å². The van der Waals surface area contributed by atoms with Gasteiger partial charge in [0.15, 0.2) is 5.78 Å². The van der Waals surface area contributed by atoms with Crippen LogP contribution < -0.4 is 0 Å². The van der Waals surface area contributed by atoms with E-state index in [0.29, 0.717) is 6.42 Å². The molecule has 0 aromatic rings. The van der Waals surface area contributed by atoms with Crippen LogP contribution in [0, 0.1) is 0 Å². The molecule has 0 aromatic carbocycles. The lowest BCUT2D eigenvalue weighted by atomic mass is 10.1. The van der Waals surface area contributed by atoms with E-state index < -0.39 is 11.6 Å². The molecule has 0 aliphatic heterocycles. The summed E-state index contributed by atoms with van der Waals surface area (Å²) in [5.74, 6) is -0.643. The first-order valence-corrected chi connectivity index (χ1v) is 6.28. The highest BCUT2D eigenvalue weighted by Crippen LogP contribution is 2.14. The van der Waals surface area contributed by atoms with Crippen molar-refractivity contribution in [1.82, 2.24) is 0 Å². The number of hydrogen-bond donors (Lipinski definition) is 0. The summed E-state index contributed by atoms with van der Waals surface area (Å²) in [7, 11) is 0. The number of allylic oxidation sites excluding steroid dienone is 1. The number of carbonyl (C=O) groups excluding carboxylic acids is 2. The highest BCUT2D eigenvalue weighted by atomic mass is 16.6. The molecule has 0 atom stereocenters. The van der Waals surface area contributed by atoms with Crippen LogP contribution >= 0.6 is 0 Å². The van der Waals surface area contributed by atoms with Gasteiger partial charge in [0.2, 0.25) is 0 Å². The molecule has 0 heterocycles. The molecule has 0 fully saturated rings. The number of Topliss-reactive ketones (excluding diaryl/α,β-unsaturated/α-hetero) is 1. The molecule has 0 radical (unpaired) electrons. The largest absolute Gasteiger partial charge is 0.456 e. The van der Waals surface area contributed by atoms with Gasteiger partial charge >= 0.3 is 5.97 Å². The van der Waals surface area contributed by atoms with Gasteiger partial charge in [-0.1, -0.05) is 32.8 Å². The zero-order chi connectivity index (χ0) is 13.5. The Hall–Kier alpha value is -1.12. The number of ether oxygens (including phenoxy) is 1. The van der Waals surface area contributed by atoms with Crippen molar-refractivity contribution in [2.45, 2.75) is 65.9 Å². The number of hydrogen-bond acceptors (Lipinski definition) is 3. The molecule has 0 unspecified atom stereocenters. The second-order valence-electron chi connectivity index (χ2n) is 5.04. The molecule has 98 valence electrons. The lowest BCUT2D eigenvalue weighted by Gasteiger charge is -2.20. The zero-order valence-corrected chi connectivity index (χ0v) is 11.6. The fraction of sp³-hybridized carbons (Fsp3) is 0.714. The van der Waals surface area contributed by atoms with E-state index in [4.69, 9.17) is 4.74 Å². The average Bonchev–Trinajstić information content (AvgIpc) is 2.20. The first-order valence-electron chi connectivity index (χ1n) is 6.28. The van der Waals surface area contributed by atoms with Crippen LogP contribution in [0.25, 0.3) is 0 Å². The highest BCUT2D eigenvalue weighted by Gasteiger charge is 2.23. The summed E-state index contributed by atoms with van der Waals surface area (Å²) in [5, 5.41) is 0. The second kappa shape index (κ2) is 7.25. The third-order valence-corrected chi connectivity index (χ3v) is 2.15. The summed E-state index contributed by atoms with van der Waals surface area (Å²) < 4.78 is 5.23. The van der Waals surface area contributed by atoms with Gasteiger partial charge in [-0.15, -0.1) is 0 Å². The minimum atomic E-state index is -0.561. The quantitative estimate of drug-likeness (QED) is 0.235. The fourth-order valence-electron chi connectivity index (χ4n) is 1.29. The monoisotopic (exact) mass is 240 g/mol. The van der Waals surface area contributed by atoms with Gasteiger partial charge in [0.25, 0.3) is 0 Å². The fourth-order valence-corrected chi connectivity index (χ4v) is 1.29. The predicted octanol–water partition coefficient (Wildman–Crippen LogP) is 3.42. The Balaban J connectivity index is 4.74. The van der Waals surface area contributed by atoms with Crippen molar-refractivity contribution in [3.63, 3.8) is 0 Å². The molecule has 0 bridgehead atoms. The van der Waals surface area contributed by atoms with Crippen molar-refractivity contribution >= 4 is 11.8 Å². The third-order valence-electron chi connectivity index (χ3n) is 2.15. The van der Waals surface area contributed by atoms with E-state index >= 15 is 0 Å². The molecule has 17 heavy (non-hydrogen) atoms. The van der Waals surface area contributed by atoms with Crippen LogP contribution in [0.15, 0.2) is 11.6 Å². The molecule has 3 nitrogen and oxygen atoms in total. The van der Waals surface area contributed by atoms with Crippen molar-refractivity contribution in [2.24, 2.45) is 0 Å². The molecule has 0 saturated carbocycles. The normalized spacial score (nSPS) is 12.4. The van der Waals surface area contributed by atoms with Gasteiger partial charge < -0.3 is 4.74 Å². The van der Waals surface area contributed by atoms with Gasteiger partial charge in [-0.25, -0.2) is 4.79 Å². The number of rotatable bonds is 6. The second-order valence-corrected chi connectivity index (χ2v) is 5.04. The molecule has 0 spiro atoms. The lowest BCUT2D eigenvalue weighted by molar-refractivity contribution is -0.150. The summed E-state index contributed by atoms with van der Waals surface area (Å²) in [5.41, 5.74) is -0.356. The van der Waals surface area contributed by atoms with Crippen molar-refractivity contribution in [3.05, 3.63) is 11.6 Å². The molecule has 0 amide bonds. The summed E-state index contributed by atoms with van der Waals surface area (Å²) in [6, 6.07) is 0. The Labute approximate surface area is 104 Å². The van der Waals surface area contributed by atoms with Gasteiger partial charge in [-0.05, 0) is 27.2 Å². The Morgan fingerprint density at radius 1 is 1.18 bits per heavy atom. The molecule has 0 saturated heterocycles. The van der Waals surface area contributed by atoms with Crippen LogP contribution in [0.3, 0.4) is 0 Å². The number of ketones is 1. The van der Waals surface area contributed by atoms with E-state index in [1.165, 1.54) is 0 Å². The SMILES string of the molecule is CCCCC=C(C(=O)CC)C(=O)OC(C)(C)C. The lowest BCUT2D eigenvalue weighted by Crippen LogP contribution is -2.27. The Bertz CT molecular complexity index is 295. The molecule has 0 aromatic heterocycles. The molecule has 0 N–H and O–H groups in total. The molecule has 3 heteroatoms. The van der Waals surface area contributed by atoms with Crippen molar-refractivity contribution in [1.29, 1.82) is 0 Å². The van der Waals surface area contributed by atoms with Crippen LogP contribution in [-0.2, 0) is 14.3 Å². The highest BCUT2D eigenvalue weighted by molar-refractivity contribution is 6.17. The van der Waals surface area contributed by atoms with Crippen LogP contribution in [-0.4, -0.2) is 17.4 Å². The van der Waals surface area contributed by atoms with Crippen molar-refractivity contribution in [3.8, 4) is 0 Å². The molecule has 0 aliphatic carbocycles. The summed E-state index contributed by atoms with van der Waals surface area (Å²) in [4.78, 5) is 23.5. The minimum absolute atomic E-state index is 0.143. The topological polar surface area (TPSA) is 43.4 Å². The smallest absolute Gasteiger partial charge is 0.341 e. The summed E-state index contributed by atoms with van der Waals surface area (Å²) >= 11 is 0. The van der Waals surface area contributed by atoms with E-state index in [0.717, 1.165) is 19.3 Å². The molecular weight excluding hydrogens is 216 g/mol. The Morgan fingerprint density at radius 3 is 2.18 bits per heavy atom. The first kappa shape index (κ1) is 15.9. The van der Waals surface area contributed by atoms with E-state index in [2.05, 4.69) is 6.92 Å². The number of unbranched alkanes of at least 4 members (excludes halogenated alkanes) is 2. The third kappa shape index (κ3) is 6.93.